The lowest BCUT2D eigenvalue weighted by atomic mass is 9.93. The Balaban J connectivity index is 2.18. The summed E-state index contributed by atoms with van der Waals surface area (Å²) in [6.07, 6.45) is 4.11. The number of anilines is 1. The number of phenols is 1. The molecule has 0 saturated heterocycles. The van der Waals surface area contributed by atoms with E-state index in [4.69, 9.17) is 5.73 Å². The van der Waals surface area contributed by atoms with Crippen molar-refractivity contribution in [3.05, 3.63) is 41.1 Å². The first-order valence-corrected chi connectivity index (χ1v) is 7.56. The fraction of sp³-hybridized carbons (Fsp3) is 0.278. The molecule has 1 aromatic heterocycles. The Bertz CT molecular complexity index is 841. The molecule has 1 aliphatic rings. The van der Waals surface area contributed by atoms with Gasteiger partial charge in [0.25, 0.3) is 0 Å². The molecule has 3 rings (SSSR count). The number of nitrogens with zero attached hydrogens (tertiary/aromatic N) is 3. The van der Waals surface area contributed by atoms with E-state index in [9.17, 15) is 15.6 Å². The Hall–Kier alpha value is -3.05. The van der Waals surface area contributed by atoms with E-state index in [1.54, 1.807) is 18.2 Å². The van der Waals surface area contributed by atoms with E-state index < -0.39 is 0 Å². The molecule has 2 aromatic rings. The van der Waals surface area contributed by atoms with Gasteiger partial charge in [0.2, 0.25) is 0 Å². The fourth-order valence-electron chi connectivity index (χ4n) is 2.77. The van der Waals surface area contributed by atoms with Crippen LogP contribution in [0.5, 0.6) is 5.75 Å². The monoisotopic (exact) mass is 304 g/mol. The van der Waals surface area contributed by atoms with Gasteiger partial charge in [-0.1, -0.05) is 25.0 Å². The molecule has 114 valence electrons. The molecule has 1 aromatic carbocycles. The number of hydrogen-bond donors (Lipinski definition) is 2. The van der Waals surface area contributed by atoms with Crippen molar-refractivity contribution < 1.29 is 5.11 Å². The van der Waals surface area contributed by atoms with Gasteiger partial charge in [-0.3, -0.25) is 0 Å². The summed E-state index contributed by atoms with van der Waals surface area (Å²) < 4.78 is 0. The first kappa shape index (κ1) is 14.9. The number of pyridine rings is 1. The maximum Gasteiger partial charge on any atom is 0.142 e. The van der Waals surface area contributed by atoms with E-state index in [1.807, 2.05) is 6.07 Å². The lowest BCUT2D eigenvalue weighted by Crippen LogP contribution is -2.06. The van der Waals surface area contributed by atoms with Crippen LogP contribution in [0, 0.1) is 28.6 Å². The van der Waals surface area contributed by atoms with E-state index in [0.29, 0.717) is 34.7 Å². The third-order valence-electron chi connectivity index (χ3n) is 4.14. The zero-order chi connectivity index (χ0) is 16.4. The van der Waals surface area contributed by atoms with Crippen LogP contribution >= 0.6 is 0 Å². The van der Waals surface area contributed by atoms with E-state index in [2.05, 4.69) is 11.1 Å². The maximum atomic E-state index is 9.71. The van der Waals surface area contributed by atoms with E-state index in [1.165, 1.54) is 18.9 Å². The van der Waals surface area contributed by atoms with Gasteiger partial charge in [-0.15, -0.1) is 0 Å². The Kier molecular flexibility index (Phi) is 3.87. The molecule has 1 saturated carbocycles. The number of aromatic hydroxyl groups is 1. The topological polar surface area (TPSA) is 107 Å². The summed E-state index contributed by atoms with van der Waals surface area (Å²) in [6, 6.07) is 10.7. The van der Waals surface area contributed by atoms with Crippen LogP contribution in [-0.2, 0) is 6.42 Å². The second-order valence-corrected chi connectivity index (χ2v) is 5.82. The number of hydrogen-bond acceptors (Lipinski definition) is 5. The summed E-state index contributed by atoms with van der Waals surface area (Å²) in [5.74, 6) is 0.922. The average molecular weight is 304 g/mol. The molecule has 0 unspecified atom stereocenters. The number of nitrogen functional groups attached to an aromatic ring is 1. The Morgan fingerprint density at radius 2 is 1.96 bits per heavy atom. The molecule has 5 heteroatoms. The van der Waals surface area contributed by atoms with Gasteiger partial charge in [0.05, 0.1) is 11.3 Å². The van der Waals surface area contributed by atoms with Gasteiger partial charge in [0.15, 0.2) is 0 Å². The van der Waals surface area contributed by atoms with Gasteiger partial charge in [-0.25, -0.2) is 4.98 Å². The molecule has 0 spiro atoms. The van der Waals surface area contributed by atoms with Crippen molar-refractivity contribution in [3.63, 3.8) is 0 Å². The van der Waals surface area contributed by atoms with Crippen LogP contribution < -0.4 is 5.73 Å². The summed E-state index contributed by atoms with van der Waals surface area (Å²) >= 11 is 0. The van der Waals surface area contributed by atoms with Crippen molar-refractivity contribution in [2.45, 2.75) is 25.7 Å². The highest BCUT2D eigenvalue weighted by molar-refractivity contribution is 5.81. The molecule has 3 N–H and O–H groups in total. The SMILES string of the molecule is N#Cc1c(N)nc(CCC2CC2)c(C#N)c1-c1cccc(O)c1. The minimum atomic E-state index is 0.0743. The fourth-order valence-corrected chi connectivity index (χ4v) is 2.77. The third-order valence-corrected chi connectivity index (χ3v) is 4.14. The first-order valence-electron chi connectivity index (χ1n) is 7.56. The molecule has 0 radical (unpaired) electrons. The largest absolute Gasteiger partial charge is 0.508 e. The Labute approximate surface area is 134 Å². The second-order valence-electron chi connectivity index (χ2n) is 5.82. The van der Waals surface area contributed by atoms with Gasteiger partial charge >= 0.3 is 0 Å². The summed E-state index contributed by atoms with van der Waals surface area (Å²) in [5, 5.41) is 28.8. The molecule has 0 bridgehead atoms. The van der Waals surface area contributed by atoms with E-state index in [-0.39, 0.29) is 17.1 Å². The van der Waals surface area contributed by atoms with Crippen LogP contribution in [0.15, 0.2) is 24.3 Å². The Morgan fingerprint density at radius 3 is 2.57 bits per heavy atom. The highest BCUT2D eigenvalue weighted by Crippen LogP contribution is 2.36. The molecule has 23 heavy (non-hydrogen) atoms. The lowest BCUT2D eigenvalue weighted by Gasteiger charge is -2.13. The number of rotatable bonds is 4. The molecule has 1 fully saturated rings. The smallest absolute Gasteiger partial charge is 0.142 e. The number of aromatic nitrogens is 1. The van der Waals surface area contributed by atoms with Gasteiger partial charge < -0.3 is 10.8 Å². The van der Waals surface area contributed by atoms with Gasteiger partial charge in [-0.2, -0.15) is 10.5 Å². The second kappa shape index (κ2) is 5.98. The molecule has 0 amide bonds. The van der Waals surface area contributed by atoms with Crippen molar-refractivity contribution in [2.75, 3.05) is 5.73 Å². The van der Waals surface area contributed by atoms with Crippen molar-refractivity contribution >= 4 is 5.82 Å². The van der Waals surface area contributed by atoms with Crippen LogP contribution in [0.4, 0.5) is 5.82 Å². The number of phenolic OH excluding ortho intramolecular Hbond substituents is 1. The zero-order valence-corrected chi connectivity index (χ0v) is 12.6. The minimum Gasteiger partial charge on any atom is -0.508 e. The van der Waals surface area contributed by atoms with Crippen LogP contribution in [0.2, 0.25) is 0 Å². The quantitative estimate of drug-likeness (QED) is 0.902. The summed E-state index contributed by atoms with van der Waals surface area (Å²) in [7, 11) is 0. The average Bonchev–Trinajstić information content (AvgIpc) is 3.36. The zero-order valence-electron chi connectivity index (χ0n) is 12.6. The van der Waals surface area contributed by atoms with Crippen LogP contribution in [-0.4, -0.2) is 10.1 Å². The van der Waals surface area contributed by atoms with E-state index >= 15 is 0 Å². The standard InChI is InChI=1S/C18H16N4O/c19-9-14-16(7-6-11-4-5-11)22-18(21)15(10-20)17(14)12-2-1-3-13(23)8-12/h1-3,8,11,23H,4-7H2,(H2,21,22). The summed E-state index contributed by atoms with van der Waals surface area (Å²) in [5.41, 5.74) is 8.20. The Morgan fingerprint density at radius 1 is 1.22 bits per heavy atom. The third kappa shape index (κ3) is 2.95. The number of nitriles is 2. The number of aryl methyl sites for hydroxylation is 1. The van der Waals surface area contributed by atoms with Crippen LogP contribution in [0.1, 0.15) is 36.1 Å². The van der Waals surface area contributed by atoms with Crippen molar-refractivity contribution in [2.24, 2.45) is 5.92 Å². The summed E-state index contributed by atoms with van der Waals surface area (Å²) in [6.45, 7) is 0. The van der Waals surface area contributed by atoms with Crippen molar-refractivity contribution in [3.8, 4) is 29.0 Å². The van der Waals surface area contributed by atoms with Crippen molar-refractivity contribution in [1.29, 1.82) is 10.5 Å². The summed E-state index contributed by atoms with van der Waals surface area (Å²) in [4.78, 5) is 4.29. The van der Waals surface area contributed by atoms with Gasteiger partial charge in [0, 0.05) is 5.56 Å². The predicted octanol–water partition coefficient (Wildman–Crippen LogP) is 3.12. The van der Waals surface area contributed by atoms with E-state index in [0.717, 1.165) is 6.42 Å². The first-order chi connectivity index (χ1) is 11.1. The number of nitrogens with two attached hydrogens (primary N) is 1. The maximum absolute atomic E-state index is 9.71. The molecular formula is C18H16N4O. The highest BCUT2D eigenvalue weighted by atomic mass is 16.3. The molecule has 1 heterocycles. The molecule has 1 aliphatic carbocycles. The van der Waals surface area contributed by atoms with Crippen LogP contribution in [0.25, 0.3) is 11.1 Å². The lowest BCUT2D eigenvalue weighted by molar-refractivity contribution is 0.475. The number of benzene rings is 1. The molecule has 0 atom stereocenters. The highest BCUT2D eigenvalue weighted by Gasteiger charge is 2.24. The van der Waals surface area contributed by atoms with Gasteiger partial charge in [0.1, 0.15) is 29.3 Å². The van der Waals surface area contributed by atoms with Crippen LogP contribution in [0.3, 0.4) is 0 Å². The molecular weight excluding hydrogens is 288 g/mol. The van der Waals surface area contributed by atoms with Crippen molar-refractivity contribution in [1.82, 2.24) is 4.98 Å². The predicted molar refractivity (Wildman–Crippen MR) is 86.2 cm³/mol. The van der Waals surface area contributed by atoms with Gasteiger partial charge in [-0.05, 0) is 36.5 Å². The molecule has 0 aliphatic heterocycles. The molecule has 5 nitrogen and oxygen atoms in total. The minimum absolute atomic E-state index is 0.0743. The normalized spacial score (nSPS) is 13.3.